The summed E-state index contributed by atoms with van der Waals surface area (Å²) >= 11 is 6.32. The maximum Gasteiger partial charge on any atom is 0.255 e. The Morgan fingerprint density at radius 2 is 1.82 bits per heavy atom. The Bertz CT molecular complexity index is 852. The summed E-state index contributed by atoms with van der Waals surface area (Å²) in [6, 6.07) is 9.90. The number of carbonyl (C=O) groups excluding carboxylic acids is 2. The van der Waals surface area contributed by atoms with Gasteiger partial charge in [-0.2, -0.15) is 0 Å². The van der Waals surface area contributed by atoms with Gasteiger partial charge >= 0.3 is 0 Å². The van der Waals surface area contributed by atoms with E-state index in [4.69, 9.17) is 21.1 Å². The van der Waals surface area contributed by atoms with Crippen molar-refractivity contribution < 1.29 is 19.1 Å². The van der Waals surface area contributed by atoms with Crippen LogP contribution in [0.2, 0.25) is 5.02 Å². The molecule has 0 heterocycles. The quantitative estimate of drug-likeness (QED) is 0.704. The SMILES string of the molecule is CCCOc1c(Cl)cc(C(=O)Nc2cccc(C(=O)N(C)C)c2)cc1OCC. The zero-order valence-corrected chi connectivity index (χ0v) is 17.3. The van der Waals surface area contributed by atoms with Crippen LogP contribution in [0.1, 0.15) is 41.0 Å². The van der Waals surface area contributed by atoms with Crippen LogP contribution < -0.4 is 14.8 Å². The molecule has 0 atom stereocenters. The van der Waals surface area contributed by atoms with E-state index in [0.29, 0.717) is 46.5 Å². The van der Waals surface area contributed by atoms with E-state index in [2.05, 4.69) is 5.32 Å². The predicted molar refractivity (Wildman–Crippen MR) is 111 cm³/mol. The van der Waals surface area contributed by atoms with Gasteiger partial charge in [0, 0.05) is 30.9 Å². The number of carbonyl (C=O) groups is 2. The summed E-state index contributed by atoms with van der Waals surface area (Å²) in [6.07, 6.45) is 0.826. The molecule has 0 fully saturated rings. The predicted octanol–water partition coefficient (Wildman–Crippen LogP) is 4.48. The summed E-state index contributed by atoms with van der Waals surface area (Å²) in [5.74, 6) is 0.347. The fraction of sp³-hybridized carbons (Fsp3) is 0.333. The molecule has 0 aromatic heterocycles. The molecule has 1 N–H and O–H groups in total. The van der Waals surface area contributed by atoms with Crippen molar-refractivity contribution in [3.63, 3.8) is 0 Å². The summed E-state index contributed by atoms with van der Waals surface area (Å²) in [5.41, 5.74) is 1.33. The third kappa shape index (κ3) is 5.39. The van der Waals surface area contributed by atoms with Crippen molar-refractivity contribution in [3.05, 3.63) is 52.5 Å². The van der Waals surface area contributed by atoms with Crippen molar-refractivity contribution in [2.24, 2.45) is 0 Å². The highest BCUT2D eigenvalue weighted by atomic mass is 35.5. The Labute approximate surface area is 170 Å². The standard InChI is InChI=1S/C21H25ClN2O4/c1-5-10-28-19-17(22)12-15(13-18(19)27-6-2)20(25)23-16-9-7-8-14(11-16)21(26)24(3)4/h7-9,11-13H,5-6,10H2,1-4H3,(H,23,25). The second-order valence-electron chi connectivity index (χ2n) is 6.30. The Balaban J connectivity index is 2.27. The molecule has 2 amide bonds. The van der Waals surface area contributed by atoms with Crippen molar-refractivity contribution in [1.29, 1.82) is 0 Å². The summed E-state index contributed by atoms with van der Waals surface area (Å²) in [7, 11) is 3.35. The molecule has 0 radical (unpaired) electrons. The van der Waals surface area contributed by atoms with Crippen molar-refractivity contribution in [2.75, 3.05) is 32.6 Å². The number of benzene rings is 2. The summed E-state index contributed by atoms with van der Waals surface area (Å²) in [6.45, 7) is 4.75. The monoisotopic (exact) mass is 404 g/mol. The minimum Gasteiger partial charge on any atom is -0.490 e. The average Bonchev–Trinajstić information content (AvgIpc) is 2.67. The smallest absolute Gasteiger partial charge is 0.255 e. The molecule has 0 bridgehead atoms. The highest BCUT2D eigenvalue weighted by Crippen LogP contribution is 2.37. The highest BCUT2D eigenvalue weighted by molar-refractivity contribution is 6.32. The van der Waals surface area contributed by atoms with Gasteiger partial charge in [-0.3, -0.25) is 9.59 Å². The highest BCUT2D eigenvalue weighted by Gasteiger charge is 2.17. The molecule has 0 aliphatic rings. The molecule has 150 valence electrons. The first-order valence-corrected chi connectivity index (χ1v) is 9.47. The average molecular weight is 405 g/mol. The number of nitrogens with zero attached hydrogens (tertiary/aromatic N) is 1. The molecular weight excluding hydrogens is 380 g/mol. The van der Waals surface area contributed by atoms with Crippen molar-refractivity contribution in [2.45, 2.75) is 20.3 Å². The van der Waals surface area contributed by atoms with Gasteiger partial charge in [0.15, 0.2) is 11.5 Å². The van der Waals surface area contributed by atoms with E-state index in [1.54, 1.807) is 50.5 Å². The lowest BCUT2D eigenvalue weighted by molar-refractivity contribution is 0.0827. The number of hydrogen-bond donors (Lipinski definition) is 1. The maximum absolute atomic E-state index is 12.7. The molecule has 28 heavy (non-hydrogen) atoms. The molecule has 2 aromatic carbocycles. The van der Waals surface area contributed by atoms with Gasteiger partial charge in [-0.1, -0.05) is 24.6 Å². The van der Waals surface area contributed by atoms with Crippen LogP contribution in [-0.4, -0.2) is 44.0 Å². The number of amides is 2. The first-order chi connectivity index (χ1) is 13.4. The Kier molecular flexibility index (Phi) is 7.70. The molecule has 0 spiro atoms. The van der Waals surface area contributed by atoms with Crippen LogP contribution in [0.4, 0.5) is 5.69 Å². The Morgan fingerprint density at radius 3 is 2.46 bits per heavy atom. The lowest BCUT2D eigenvalue weighted by atomic mass is 10.1. The molecule has 0 saturated heterocycles. The van der Waals surface area contributed by atoms with Gasteiger partial charge in [-0.25, -0.2) is 0 Å². The van der Waals surface area contributed by atoms with Gasteiger partial charge in [0.1, 0.15) is 0 Å². The van der Waals surface area contributed by atoms with Crippen LogP contribution in [0.25, 0.3) is 0 Å². The number of rotatable bonds is 8. The lowest BCUT2D eigenvalue weighted by Crippen LogP contribution is -2.22. The third-order valence-corrected chi connectivity index (χ3v) is 4.08. The summed E-state index contributed by atoms with van der Waals surface area (Å²) in [5, 5.41) is 3.09. The molecule has 0 aliphatic carbocycles. The molecular formula is C21H25ClN2O4. The van der Waals surface area contributed by atoms with Crippen molar-refractivity contribution in [3.8, 4) is 11.5 Å². The number of hydrogen-bond acceptors (Lipinski definition) is 4. The largest absolute Gasteiger partial charge is 0.490 e. The van der Waals surface area contributed by atoms with E-state index >= 15 is 0 Å². The summed E-state index contributed by atoms with van der Waals surface area (Å²) < 4.78 is 11.2. The Morgan fingerprint density at radius 1 is 1.07 bits per heavy atom. The maximum atomic E-state index is 12.7. The molecule has 6 nitrogen and oxygen atoms in total. The fourth-order valence-electron chi connectivity index (χ4n) is 2.50. The third-order valence-electron chi connectivity index (χ3n) is 3.80. The van der Waals surface area contributed by atoms with Crippen molar-refractivity contribution in [1.82, 2.24) is 4.90 Å². The van der Waals surface area contributed by atoms with Crippen LogP contribution >= 0.6 is 11.6 Å². The van der Waals surface area contributed by atoms with Gasteiger partial charge in [0.25, 0.3) is 11.8 Å². The zero-order chi connectivity index (χ0) is 20.7. The van der Waals surface area contributed by atoms with Crippen LogP contribution in [0.15, 0.2) is 36.4 Å². The van der Waals surface area contributed by atoms with E-state index in [0.717, 1.165) is 6.42 Å². The number of ether oxygens (including phenoxy) is 2. The second-order valence-corrected chi connectivity index (χ2v) is 6.71. The molecule has 0 aliphatic heterocycles. The van der Waals surface area contributed by atoms with E-state index in [9.17, 15) is 9.59 Å². The topological polar surface area (TPSA) is 67.9 Å². The van der Waals surface area contributed by atoms with Crippen LogP contribution in [0, 0.1) is 0 Å². The first kappa shape index (κ1) is 21.6. The second kappa shape index (κ2) is 9.99. The fourth-order valence-corrected chi connectivity index (χ4v) is 2.76. The molecule has 0 saturated carbocycles. The molecule has 2 rings (SSSR count). The van der Waals surface area contributed by atoms with E-state index in [1.807, 2.05) is 13.8 Å². The Hall–Kier alpha value is -2.73. The van der Waals surface area contributed by atoms with E-state index in [1.165, 1.54) is 4.90 Å². The van der Waals surface area contributed by atoms with Gasteiger partial charge < -0.3 is 19.7 Å². The normalized spacial score (nSPS) is 10.3. The number of anilines is 1. The zero-order valence-electron chi connectivity index (χ0n) is 16.5. The molecule has 0 unspecified atom stereocenters. The van der Waals surface area contributed by atoms with Gasteiger partial charge in [-0.15, -0.1) is 0 Å². The molecule has 7 heteroatoms. The van der Waals surface area contributed by atoms with Crippen molar-refractivity contribution >= 4 is 29.1 Å². The lowest BCUT2D eigenvalue weighted by Gasteiger charge is -2.15. The van der Waals surface area contributed by atoms with E-state index < -0.39 is 0 Å². The van der Waals surface area contributed by atoms with E-state index in [-0.39, 0.29) is 11.8 Å². The minimum atomic E-state index is -0.362. The first-order valence-electron chi connectivity index (χ1n) is 9.09. The van der Waals surface area contributed by atoms with Crippen LogP contribution in [0.3, 0.4) is 0 Å². The minimum absolute atomic E-state index is 0.143. The van der Waals surface area contributed by atoms with Crippen LogP contribution in [-0.2, 0) is 0 Å². The van der Waals surface area contributed by atoms with Gasteiger partial charge in [0.2, 0.25) is 0 Å². The molecule has 2 aromatic rings. The number of halogens is 1. The number of nitrogens with one attached hydrogen (secondary N) is 1. The van der Waals surface area contributed by atoms with Crippen LogP contribution in [0.5, 0.6) is 11.5 Å². The summed E-state index contributed by atoms with van der Waals surface area (Å²) in [4.78, 5) is 26.3. The van der Waals surface area contributed by atoms with Gasteiger partial charge in [-0.05, 0) is 43.7 Å². The van der Waals surface area contributed by atoms with Gasteiger partial charge in [0.05, 0.1) is 18.2 Å².